The standard InChI is InChI=1S/C31H48N6O.C2H6/c1-10-18-36(19-13-14-23(4)11-2)28-21-25(6)31(35(9)22-28)32-29(17-20-38)30-16-15-26(7)37(34-30)33-27(8)24(5)12-3;1-2/h15-17,20-24H,7,10-14,18-19H2,1-6,8-9H3;1-2H3/b29-17-,32-31?,33-27-;. The van der Waals surface area contributed by atoms with Gasteiger partial charge in [0, 0.05) is 38.1 Å². The second-order valence-corrected chi connectivity index (χ2v) is 10.4. The topological polar surface area (TPSA) is 65.6 Å². The van der Waals surface area contributed by atoms with Gasteiger partial charge < -0.3 is 9.47 Å². The van der Waals surface area contributed by atoms with Crippen molar-refractivity contribution in [2.75, 3.05) is 18.0 Å². The number of allylic oxidation sites excluding steroid dienone is 3. The van der Waals surface area contributed by atoms with Crippen molar-refractivity contribution in [3.63, 3.8) is 0 Å². The van der Waals surface area contributed by atoms with Crippen LogP contribution in [-0.2, 0) is 11.8 Å². The fraction of sp³-hybridized carbons (Fsp3) is 0.576. The van der Waals surface area contributed by atoms with E-state index in [0.717, 1.165) is 54.9 Å². The average Bonchev–Trinajstić information content (AvgIpc) is 2.95. The van der Waals surface area contributed by atoms with E-state index in [1.54, 1.807) is 0 Å². The number of carbonyl (C=O) groups is 1. The molecule has 0 saturated heterocycles. The zero-order chi connectivity index (χ0) is 30.2. The van der Waals surface area contributed by atoms with Crippen molar-refractivity contribution in [3.05, 3.63) is 59.5 Å². The highest BCUT2D eigenvalue weighted by Gasteiger charge is 2.16. The fourth-order valence-corrected chi connectivity index (χ4v) is 4.24. The van der Waals surface area contributed by atoms with Gasteiger partial charge in [0.2, 0.25) is 0 Å². The molecule has 2 rings (SSSR count). The van der Waals surface area contributed by atoms with E-state index in [1.807, 2.05) is 44.5 Å². The predicted octanol–water partition coefficient (Wildman–Crippen LogP) is 7.55. The Morgan fingerprint density at radius 3 is 2.42 bits per heavy atom. The fourth-order valence-electron chi connectivity index (χ4n) is 4.24. The van der Waals surface area contributed by atoms with Crippen LogP contribution in [0.1, 0.15) is 93.1 Å². The molecule has 0 radical (unpaired) electrons. The number of rotatable bonds is 14. The van der Waals surface area contributed by atoms with Crippen molar-refractivity contribution in [1.82, 2.24) is 9.69 Å². The molecular formula is C33H54N6O. The Balaban J connectivity index is 0.00000391. The third kappa shape index (κ3) is 10.4. The molecule has 7 nitrogen and oxygen atoms in total. The predicted molar refractivity (Wildman–Crippen MR) is 173 cm³/mol. The minimum absolute atomic E-state index is 0.338. The Kier molecular flexibility index (Phi) is 15.8. The Bertz CT molecular complexity index is 1130. The Morgan fingerprint density at radius 1 is 1.15 bits per heavy atom. The van der Waals surface area contributed by atoms with Crippen LogP contribution in [0.25, 0.3) is 0 Å². The van der Waals surface area contributed by atoms with Gasteiger partial charge in [0.15, 0.2) is 0 Å². The summed E-state index contributed by atoms with van der Waals surface area (Å²) in [4.78, 5) is 18.9. The van der Waals surface area contributed by atoms with Gasteiger partial charge in [-0.1, -0.05) is 61.5 Å². The second-order valence-electron chi connectivity index (χ2n) is 10.4. The van der Waals surface area contributed by atoms with Crippen molar-refractivity contribution >= 4 is 23.4 Å². The summed E-state index contributed by atoms with van der Waals surface area (Å²) in [5.41, 5.74) is 5.70. The van der Waals surface area contributed by atoms with Gasteiger partial charge in [-0.2, -0.15) is 10.2 Å². The lowest BCUT2D eigenvalue weighted by atomic mass is 10.0. The van der Waals surface area contributed by atoms with Gasteiger partial charge >= 0.3 is 0 Å². The number of hydrogen-bond acceptors (Lipinski definition) is 6. The number of aldehydes is 1. The highest BCUT2D eigenvalue weighted by Crippen LogP contribution is 2.19. The largest absolute Gasteiger partial charge is 0.370 e. The molecule has 0 saturated carbocycles. The van der Waals surface area contributed by atoms with E-state index < -0.39 is 0 Å². The SMILES string of the molecule is C=C1C=CC(/C(=C/C=O)N=c2c(C)cc(N(CCC)CCCC(C)CC)cn2C)=NN1/N=C(/C)C(C)CC.CC. The molecule has 0 fully saturated rings. The third-order valence-corrected chi connectivity index (χ3v) is 7.24. The third-order valence-electron chi connectivity index (χ3n) is 7.24. The first-order valence-corrected chi connectivity index (χ1v) is 15.1. The summed E-state index contributed by atoms with van der Waals surface area (Å²) in [7, 11) is 2.00. The maximum absolute atomic E-state index is 11.6. The van der Waals surface area contributed by atoms with E-state index in [-0.39, 0.29) is 0 Å². The zero-order valence-corrected chi connectivity index (χ0v) is 26.9. The van der Waals surface area contributed by atoms with E-state index >= 15 is 0 Å². The normalized spacial score (nSPS) is 15.8. The number of aromatic nitrogens is 1. The molecule has 1 aromatic heterocycles. The molecule has 40 heavy (non-hydrogen) atoms. The molecule has 0 spiro atoms. The summed E-state index contributed by atoms with van der Waals surface area (Å²) in [6.45, 7) is 25.3. The molecule has 222 valence electrons. The molecule has 7 heteroatoms. The molecule has 2 unspecified atom stereocenters. The van der Waals surface area contributed by atoms with Crippen molar-refractivity contribution < 1.29 is 4.79 Å². The van der Waals surface area contributed by atoms with E-state index in [1.165, 1.54) is 36.1 Å². The molecule has 2 heterocycles. The summed E-state index contributed by atoms with van der Waals surface area (Å²) < 4.78 is 2.04. The molecule has 0 aliphatic carbocycles. The van der Waals surface area contributed by atoms with Crippen molar-refractivity contribution in [2.24, 2.45) is 34.1 Å². The van der Waals surface area contributed by atoms with Gasteiger partial charge in [-0.25, -0.2) is 4.99 Å². The highest BCUT2D eigenvalue weighted by atomic mass is 16.1. The van der Waals surface area contributed by atoms with Gasteiger partial charge in [0.05, 0.1) is 17.1 Å². The summed E-state index contributed by atoms with van der Waals surface area (Å²) in [5.74, 6) is 1.10. The molecule has 1 aliphatic heterocycles. The quantitative estimate of drug-likeness (QED) is 0.136. The maximum atomic E-state index is 11.6. The lowest BCUT2D eigenvalue weighted by Gasteiger charge is -2.26. The first kappa shape index (κ1) is 34.8. The van der Waals surface area contributed by atoms with Crippen molar-refractivity contribution in [1.29, 1.82) is 0 Å². The number of hydrazone groups is 2. The van der Waals surface area contributed by atoms with Crippen LogP contribution in [-0.4, -0.2) is 40.5 Å². The Morgan fingerprint density at radius 2 is 1.85 bits per heavy atom. The van der Waals surface area contributed by atoms with Gasteiger partial charge in [-0.05, 0) is 75.1 Å². The van der Waals surface area contributed by atoms with Gasteiger partial charge in [-0.15, -0.1) is 5.10 Å². The van der Waals surface area contributed by atoms with E-state index in [9.17, 15) is 4.79 Å². The lowest BCUT2D eigenvalue weighted by molar-refractivity contribution is -0.104. The van der Waals surface area contributed by atoms with Crippen LogP contribution < -0.4 is 10.4 Å². The molecule has 1 aliphatic rings. The van der Waals surface area contributed by atoms with Crippen LogP contribution in [0.5, 0.6) is 0 Å². The molecule has 0 aromatic carbocycles. The average molecular weight is 551 g/mol. The maximum Gasteiger partial charge on any atom is 0.145 e. The zero-order valence-electron chi connectivity index (χ0n) is 26.9. The van der Waals surface area contributed by atoms with Crippen molar-refractivity contribution in [2.45, 2.75) is 94.4 Å². The minimum Gasteiger partial charge on any atom is -0.370 e. The van der Waals surface area contributed by atoms with Crippen LogP contribution in [0.2, 0.25) is 0 Å². The lowest BCUT2D eigenvalue weighted by Crippen LogP contribution is -2.29. The Labute approximate surface area is 243 Å². The van der Waals surface area contributed by atoms with Crippen LogP contribution >= 0.6 is 0 Å². The van der Waals surface area contributed by atoms with Crippen LogP contribution in [0.15, 0.2) is 63.7 Å². The van der Waals surface area contributed by atoms with E-state index in [0.29, 0.717) is 23.0 Å². The first-order chi connectivity index (χ1) is 19.1. The van der Waals surface area contributed by atoms with Crippen LogP contribution in [0.4, 0.5) is 5.69 Å². The van der Waals surface area contributed by atoms with Gasteiger partial charge in [0.1, 0.15) is 17.5 Å². The number of carbonyl (C=O) groups excluding carboxylic acids is 1. The van der Waals surface area contributed by atoms with Crippen LogP contribution in [0, 0.1) is 18.8 Å². The number of pyridine rings is 1. The molecule has 0 amide bonds. The van der Waals surface area contributed by atoms with E-state index in [2.05, 4.69) is 75.5 Å². The number of anilines is 1. The molecule has 0 bridgehead atoms. The summed E-state index contributed by atoms with van der Waals surface area (Å²) >= 11 is 0. The number of aryl methyl sites for hydroxylation is 2. The van der Waals surface area contributed by atoms with Gasteiger partial charge in [0.25, 0.3) is 0 Å². The summed E-state index contributed by atoms with van der Waals surface area (Å²) in [6, 6.07) is 2.20. The first-order valence-electron chi connectivity index (χ1n) is 15.1. The van der Waals surface area contributed by atoms with Gasteiger partial charge in [-0.3, -0.25) is 4.79 Å². The smallest absolute Gasteiger partial charge is 0.145 e. The van der Waals surface area contributed by atoms with E-state index in [4.69, 9.17) is 4.99 Å². The number of nitrogens with zero attached hydrogens (tertiary/aromatic N) is 6. The molecule has 1 aromatic rings. The number of hydrogen-bond donors (Lipinski definition) is 0. The Hall–Kier alpha value is -3.22. The molecule has 2 atom stereocenters. The van der Waals surface area contributed by atoms with Crippen molar-refractivity contribution in [3.8, 4) is 0 Å². The highest BCUT2D eigenvalue weighted by molar-refractivity contribution is 6.10. The monoisotopic (exact) mass is 550 g/mol. The van der Waals surface area contributed by atoms with Crippen LogP contribution in [0.3, 0.4) is 0 Å². The molecule has 0 N–H and O–H groups in total. The summed E-state index contributed by atoms with van der Waals surface area (Å²) in [6.07, 6.45) is 13.8. The minimum atomic E-state index is 0.338. The molecular weight excluding hydrogens is 496 g/mol. The summed E-state index contributed by atoms with van der Waals surface area (Å²) in [5, 5.41) is 10.8. The second kappa shape index (κ2) is 18.2.